The maximum atomic E-state index is 6.03. The second kappa shape index (κ2) is 7.94. The number of hydrogen-bond acceptors (Lipinski definition) is 2. The van der Waals surface area contributed by atoms with E-state index < -0.39 is 0 Å². The smallest absolute Gasteiger partial charge is 0.0635 e. The zero-order valence-electron chi connectivity index (χ0n) is 16.8. The van der Waals surface area contributed by atoms with Crippen LogP contribution >= 0.6 is 0 Å². The molecule has 26 heavy (non-hydrogen) atoms. The molecule has 0 saturated carbocycles. The van der Waals surface area contributed by atoms with Gasteiger partial charge in [-0.15, -0.1) is 0 Å². The van der Waals surface area contributed by atoms with Crippen LogP contribution in [-0.2, 0) is 16.7 Å². The highest BCUT2D eigenvalue weighted by molar-refractivity contribution is 5.30. The first kappa shape index (κ1) is 19.1. The Hall–Kier alpha value is -1.64. The fourth-order valence-electron chi connectivity index (χ4n) is 4.37. The lowest BCUT2D eigenvalue weighted by Gasteiger charge is -2.45. The lowest BCUT2D eigenvalue weighted by atomic mass is 9.67. The summed E-state index contributed by atoms with van der Waals surface area (Å²) in [6, 6.07) is 17.9. The van der Waals surface area contributed by atoms with Crippen LogP contribution in [-0.4, -0.2) is 18.8 Å². The van der Waals surface area contributed by atoms with Crippen molar-refractivity contribution in [2.45, 2.75) is 64.5 Å². The summed E-state index contributed by atoms with van der Waals surface area (Å²) in [4.78, 5) is 0. The average molecular weight is 352 g/mol. The van der Waals surface area contributed by atoms with Crippen molar-refractivity contribution in [1.29, 1.82) is 0 Å². The van der Waals surface area contributed by atoms with Crippen LogP contribution in [0.2, 0.25) is 0 Å². The van der Waals surface area contributed by atoms with Gasteiger partial charge in [0, 0.05) is 18.6 Å². The summed E-state index contributed by atoms with van der Waals surface area (Å²) in [6.07, 6.45) is 3.33. The Morgan fingerprint density at radius 2 is 1.77 bits per heavy atom. The van der Waals surface area contributed by atoms with Gasteiger partial charge in [-0.1, -0.05) is 59.7 Å². The molecule has 0 aliphatic carbocycles. The van der Waals surface area contributed by atoms with E-state index in [1.165, 1.54) is 22.3 Å². The van der Waals surface area contributed by atoms with Crippen molar-refractivity contribution in [3.8, 4) is 0 Å². The van der Waals surface area contributed by atoms with Crippen LogP contribution in [0.1, 0.15) is 55.4 Å². The molecule has 2 aromatic carbocycles. The largest absolute Gasteiger partial charge is 0.376 e. The van der Waals surface area contributed by atoms with Crippen molar-refractivity contribution >= 4 is 0 Å². The lowest BCUT2D eigenvalue weighted by Crippen LogP contribution is -2.45. The van der Waals surface area contributed by atoms with Gasteiger partial charge in [0.2, 0.25) is 0 Å². The minimum atomic E-state index is -0.0559. The number of nitrogens with one attached hydrogen (secondary N) is 1. The summed E-state index contributed by atoms with van der Waals surface area (Å²) in [5, 5.41) is 3.67. The van der Waals surface area contributed by atoms with Crippen LogP contribution in [0.5, 0.6) is 0 Å². The molecule has 1 N–H and O–H groups in total. The third-order valence-corrected chi connectivity index (χ3v) is 5.69. The number of ether oxygens (including phenoxy) is 1. The molecule has 0 amide bonds. The predicted octanol–water partition coefficient (Wildman–Crippen LogP) is 5.31. The first-order valence-electron chi connectivity index (χ1n) is 9.86. The van der Waals surface area contributed by atoms with Crippen molar-refractivity contribution in [1.82, 2.24) is 5.32 Å². The molecule has 3 rings (SSSR count). The van der Waals surface area contributed by atoms with Gasteiger partial charge in [0.1, 0.15) is 0 Å². The first-order chi connectivity index (χ1) is 12.4. The van der Waals surface area contributed by atoms with Crippen LogP contribution in [0.3, 0.4) is 0 Å². The Labute approximate surface area is 159 Å². The van der Waals surface area contributed by atoms with Gasteiger partial charge < -0.3 is 10.1 Å². The van der Waals surface area contributed by atoms with Gasteiger partial charge in [0.25, 0.3) is 0 Å². The van der Waals surface area contributed by atoms with Crippen molar-refractivity contribution in [3.05, 3.63) is 70.8 Å². The van der Waals surface area contributed by atoms with Gasteiger partial charge in [0.15, 0.2) is 0 Å². The first-order valence-corrected chi connectivity index (χ1v) is 9.86. The molecule has 1 aliphatic heterocycles. The standard InChI is InChI=1S/C24H33NO/c1-19-8-10-22(11-9-19)24(13-15-26-23(3,4)18-24)12-14-25-17-21-7-5-6-20(2)16-21/h5-11,16,25H,12-15,17-18H2,1-4H3. The van der Waals surface area contributed by atoms with Crippen LogP contribution in [0, 0.1) is 13.8 Å². The molecule has 140 valence electrons. The van der Waals surface area contributed by atoms with E-state index in [2.05, 4.69) is 81.5 Å². The van der Waals surface area contributed by atoms with Gasteiger partial charge in [-0.3, -0.25) is 0 Å². The molecule has 0 aromatic heterocycles. The molecule has 1 aliphatic rings. The Bertz CT molecular complexity index is 719. The molecule has 1 fully saturated rings. The van der Waals surface area contributed by atoms with E-state index >= 15 is 0 Å². The quantitative estimate of drug-likeness (QED) is 0.712. The number of hydrogen-bond donors (Lipinski definition) is 1. The molecule has 0 bridgehead atoms. The molecule has 1 heterocycles. The molecule has 1 unspecified atom stereocenters. The molecule has 1 atom stereocenters. The van der Waals surface area contributed by atoms with Crippen molar-refractivity contribution in [2.75, 3.05) is 13.2 Å². The van der Waals surface area contributed by atoms with Gasteiger partial charge in [-0.2, -0.15) is 0 Å². The van der Waals surface area contributed by atoms with E-state index in [0.29, 0.717) is 0 Å². The van der Waals surface area contributed by atoms with Gasteiger partial charge >= 0.3 is 0 Å². The minimum absolute atomic E-state index is 0.0559. The Morgan fingerprint density at radius 1 is 1.00 bits per heavy atom. The Morgan fingerprint density at radius 3 is 2.46 bits per heavy atom. The highest BCUT2D eigenvalue weighted by Crippen LogP contribution is 2.43. The second-order valence-electron chi connectivity index (χ2n) is 8.60. The zero-order valence-corrected chi connectivity index (χ0v) is 16.8. The average Bonchev–Trinajstić information content (AvgIpc) is 2.58. The van der Waals surface area contributed by atoms with E-state index in [-0.39, 0.29) is 11.0 Å². The van der Waals surface area contributed by atoms with E-state index in [1.807, 2.05) is 0 Å². The Balaban J connectivity index is 1.69. The van der Waals surface area contributed by atoms with E-state index in [9.17, 15) is 0 Å². The van der Waals surface area contributed by atoms with Crippen LogP contribution in [0.15, 0.2) is 48.5 Å². The summed E-state index contributed by atoms with van der Waals surface area (Å²) < 4.78 is 6.03. The molecule has 0 radical (unpaired) electrons. The van der Waals surface area contributed by atoms with Crippen LogP contribution < -0.4 is 5.32 Å². The third-order valence-electron chi connectivity index (χ3n) is 5.69. The molecule has 2 heteroatoms. The molecule has 2 nitrogen and oxygen atoms in total. The fraction of sp³-hybridized carbons (Fsp3) is 0.500. The predicted molar refractivity (Wildman–Crippen MR) is 110 cm³/mol. The molecule has 2 aromatic rings. The van der Waals surface area contributed by atoms with Crippen molar-refractivity contribution in [2.24, 2.45) is 0 Å². The monoisotopic (exact) mass is 351 g/mol. The van der Waals surface area contributed by atoms with Crippen LogP contribution in [0.4, 0.5) is 0 Å². The summed E-state index contributed by atoms with van der Waals surface area (Å²) in [6.45, 7) is 11.6. The maximum Gasteiger partial charge on any atom is 0.0635 e. The number of rotatable bonds is 6. The van der Waals surface area contributed by atoms with E-state index in [4.69, 9.17) is 4.74 Å². The second-order valence-corrected chi connectivity index (χ2v) is 8.60. The summed E-state index contributed by atoms with van der Waals surface area (Å²) >= 11 is 0. The normalized spacial score (nSPS) is 22.3. The molecular weight excluding hydrogens is 318 g/mol. The van der Waals surface area contributed by atoms with E-state index in [1.54, 1.807) is 0 Å². The van der Waals surface area contributed by atoms with Gasteiger partial charge in [0.05, 0.1) is 5.60 Å². The molecular formula is C24H33NO. The molecule has 0 spiro atoms. The van der Waals surface area contributed by atoms with Crippen molar-refractivity contribution < 1.29 is 4.74 Å². The zero-order chi connectivity index (χ0) is 18.6. The number of benzene rings is 2. The topological polar surface area (TPSA) is 21.3 Å². The number of aryl methyl sites for hydroxylation is 2. The molecule has 1 saturated heterocycles. The van der Waals surface area contributed by atoms with Crippen LogP contribution in [0.25, 0.3) is 0 Å². The summed E-state index contributed by atoms with van der Waals surface area (Å²) in [5.74, 6) is 0. The Kier molecular flexibility index (Phi) is 5.84. The SMILES string of the molecule is Cc1ccc(C2(CCNCc3cccc(C)c3)CCOC(C)(C)C2)cc1. The summed E-state index contributed by atoms with van der Waals surface area (Å²) in [5.41, 5.74) is 5.63. The van der Waals surface area contributed by atoms with Gasteiger partial charge in [-0.05, 0) is 64.6 Å². The fourth-order valence-corrected chi connectivity index (χ4v) is 4.37. The highest BCUT2D eigenvalue weighted by Gasteiger charge is 2.41. The van der Waals surface area contributed by atoms with Crippen molar-refractivity contribution in [3.63, 3.8) is 0 Å². The van der Waals surface area contributed by atoms with Gasteiger partial charge in [-0.25, -0.2) is 0 Å². The third kappa shape index (κ3) is 4.75. The minimum Gasteiger partial charge on any atom is -0.376 e. The lowest BCUT2D eigenvalue weighted by molar-refractivity contribution is -0.0840. The highest BCUT2D eigenvalue weighted by atomic mass is 16.5. The summed E-state index contributed by atoms with van der Waals surface area (Å²) in [7, 11) is 0. The maximum absolute atomic E-state index is 6.03. The van der Waals surface area contributed by atoms with E-state index in [0.717, 1.165) is 39.0 Å².